The lowest BCUT2D eigenvalue weighted by Gasteiger charge is -2.37. The van der Waals surface area contributed by atoms with Crippen LogP contribution in [0.25, 0.3) is 29.3 Å². The molecule has 64 heavy (non-hydrogen) atoms. The van der Waals surface area contributed by atoms with Crippen molar-refractivity contribution in [2.45, 2.75) is 57.9 Å². The average Bonchev–Trinajstić information content (AvgIpc) is 3.57. The lowest BCUT2D eigenvalue weighted by Crippen LogP contribution is -2.34. The number of carbonyl (C=O) groups is 2. The Labute approximate surface area is 386 Å². The van der Waals surface area contributed by atoms with E-state index in [1.807, 2.05) is 24.3 Å². The number of anilines is 4. The number of aryl methyl sites for hydroxylation is 5. The van der Waals surface area contributed by atoms with Gasteiger partial charge in [-0.25, -0.2) is 9.13 Å². The molecule has 4 aliphatic heterocycles. The highest BCUT2D eigenvalue weighted by Crippen LogP contribution is 2.38. The van der Waals surface area contributed by atoms with Crippen molar-refractivity contribution in [3.8, 4) is 0 Å². The lowest BCUT2D eigenvalue weighted by atomic mass is 9.90. The van der Waals surface area contributed by atoms with Crippen LogP contribution in [0.5, 0.6) is 0 Å². The van der Waals surface area contributed by atoms with Crippen LogP contribution in [0.2, 0.25) is 0 Å². The second kappa shape index (κ2) is 20.7. The molecular formula is C52H63N8O2S2+. The Hall–Kier alpha value is -5.33. The number of amides is 2. The second-order valence-corrected chi connectivity index (χ2v) is 20.3. The van der Waals surface area contributed by atoms with E-state index in [2.05, 4.69) is 127 Å². The lowest BCUT2D eigenvalue weighted by molar-refractivity contribution is -0.647. The summed E-state index contributed by atoms with van der Waals surface area (Å²) in [5.74, 6) is 2.52. The van der Waals surface area contributed by atoms with Gasteiger partial charge in [0.2, 0.25) is 5.91 Å². The Balaban J connectivity index is 0.691. The number of fused-ring (bicyclic) bond motifs is 1. The summed E-state index contributed by atoms with van der Waals surface area (Å²) >= 11 is 0. The molecular weight excluding hydrogens is 833 g/mol. The summed E-state index contributed by atoms with van der Waals surface area (Å²) in [7, 11) is 7.60. The molecule has 334 valence electrons. The number of nitrogens with one attached hydrogen (secondary N) is 3. The van der Waals surface area contributed by atoms with Gasteiger partial charge >= 0.3 is 0 Å². The Morgan fingerprint density at radius 3 is 1.88 bits per heavy atom. The first-order valence-electron chi connectivity index (χ1n) is 23.3. The van der Waals surface area contributed by atoms with E-state index in [0.29, 0.717) is 13.1 Å². The van der Waals surface area contributed by atoms with Gasteiger partial charge in [-0.2, -0.15) is 0 Å². The highest BCUT2D eigenvalue weighted by Gasteiger charge is 2.26. The first-order chi connectivity index (χ1) is 31.4. The molecule has 1 aromatic heterocycles. The number of hydrogen-bond donors (Lipinski definition) is 3. The van der Waals surface area contributed by atoms with Crippen LogP contribution in [0.1, 0.15) is 64.9 Å². The monoisotopic (exact) mass is 895 g/mol. The van der Waals surface area contributed by atoms with E-state index in [-0.39, 0.29) is 24.9 Å². The Bertz CT molecular complexity index is 2490. The molecule has 0 aliphatic carbocycles. The summed E-state index contributed by atoms with van der Waals surface area (Å²) in [6.45, 7) is 7.12. The minimum absolute atomic E-state index is 0.00479. The van der Waals surface area contributed by atoms with Gasteiger partial charge < -0.3 is 30.7 Å². The number of imidazole rings is 1. The van der Waals surface area contributed by atoms with Crippen molar-refractivity contribution >= 4 is 85.4 Å². The van der Waals surface area contributed by atoms with Crippen LogP contribution < -0.4 is 35.2 Å². The van der Waals surface area contributed by atoms with Crippen LogP contribution in [0.4, 0.5) is 22.7 Å². The van der Waals surface area contributed by atoms with Crippen LogP contribution in [0.3, 0.4) is 0 Å². The number of aromatic nitrogens is 2. The van der Waals surface area contributed by atoms with Gasteiger partial charge in [-0.1, -0.05) is 58.0 Å². The number of likely N-dealkylation sites (N-methyl/N-ethyl adjacent to an activating group) is 1. The fraction of sp³-hybridized carbons (Fsp3) is 0.404. The molecule has 0 bridgehead atoms. The fourth-order valence-corrected chi connectivity index (χ4v) is 12.0. The zero-order valence-corrected chi connectivity index (χ0v) is 39.2. The number of rotatable bonds is 18. The van der Waals surface area contributed by atoms with E-state index in [1.165, 1.54) is 109 Å². The molecule has 5 heterocycles. The van der Waals surface area contributed by atoms with Gasteiger partial charge in [0, 0.05) is 81.8 Å². The predicted molar refractivity (Wildman–Crippen MR) is 271 cm³/mol. The molecule has 0 saturated heterocycles. The molecule has 4 aliphatic rings. The van der Waals surface area contributed by atoms with Gasteiger partial charge in [0.15, 0.2) is 17.6 Å². The smallest absolute Gasteiger partial charge is 0.282 e. The predicted octanol–water partition coefficient (Wildman–Crippen LogP) is 7.91. The molecule has 0 radical (unpaired) electrons. The van der Waals surface area contributed by atoms with Crippen molar-refractivity contribution in [2.75, 3.05) is 90.9 Å². The minimum Gasteiger partial charge on any atom is -0.374 e. The van der Waals surface area contributed by atoms with Crippen LogP contribution in [-0.4, -0.2) is 87.3 Å². The van der Waals surface area contributed by atoms with Gasteiger partial charge in [0.05, 0.1) is 25.0 Å². The third kappa shape index (κ3) is 10.1. The fourth-order valence-electron chi connectivity index (χ4n) is 10.2. The van der Waals surface area contributed by atoms with E-state index in [9.17, 15) is 9.59 Å². The highest BCUT2D eigenvalue weighted by atomic mass is 33.1. The Kier molecular flexibility index (Phi) is 14.2. The topological polar surface area (TPSA) is 88.8 Å². The first-order valence-corrected chi connectivity index (χ1v) is 25.8. The van der Waals surface area contributed by atoms with Crippen LogP contribution in [-0.2, 0) is 48.9 Å². The number of para-hydroxylation sites is 4. The maximum absolute atomic E-state index is 13.3. The van der Waals surface area contributed by atoms with Gasteiger partial charge in [-0.3, -0.25) is 9.59 Å². The molecule has 0 unspecified atom stereocenters. The van der Waals surface area contributed by atoms with Crippen molar-refractivity contribution in [1.29, 1.82) is 0 Å². The molecule has 10 nitrogen and oxygen atoms in total. The van der Waals surface area contributed by atoms with Crippen LogP contribution in [0.15, 0.2) is 78.9 Å². The molecule has 5 aromatic rings. The molecule has 9 rings (SSSR count). The van der Waals surface area contributed by atoms with Crippen molar-refractivity contribution in [3.05, 3.63) is 118 Å². The van der Waals surface area contributed by atoms with Gasteiger partial charge in [-0.15, -0.1) is 0 Å². The van der Waals surface area contributed by atoms with Gasteiger partial charge in [0.25, 0.3) is 11.7 Å². The maximum Gasteiger partial charge on any atom is 0.282 e. The van der Waals surface area contributed by atoms with Crippen molar-refractivity contribution in [3.63, 3.8) is 0 Å². The highest BCUT2D eigenvalue weighted by molar-refractivity contribution is 8.76. The molecule has 12 heteroatoms. The third-order valence-electron chi connectivity index (χ3n) is 13.1. The van der Waals surface area contributed by atoms with Crippen molar-refractivity contribution < 1.29 is 14.2 Å². The van der Waals surface area contributed by atoms with E-state index in [0.717, 1.165) is 59.1 Å². The normalized spacial score (nSPS) is 15.4. The standard InChI is InChI=1S/C52H62N8O2S2/c1-56(25-7-12-38-32-40-13-8-26-58-27-9-14-41(33-38)51(40)58)45-18-4-3-17-44(45)55-36-48(61)53-23-30-63-64-31-24-54-49(62)37-60-47-20-6-5-19-46(47)57(2)50(60)22-21-39-34-42-15-10-28-59-29-11-16-43(35-39)52(42)59/h3-7,12,17-22,32-35,55H,8-11,13-16,23-31,36-37H2,1-2H3,(H-,53,54,61,62)/p+1/b12-7+. The third-order valence-corrected chi connectivity index (χ3v) is 15.5. The zero-order chi connectivity index (χ0) is 43.8. The SMILES string of the molecule is CN(C/C=C/c1cc2c3c(c1)CCCN3CCC2)c1ccccc1NCC(=O)NCCSSCCNC(=O)Cn1c(/C=C/c2cc3c4c(c2)CCCN4CCC3)[n+](C)c2ccccc21. The molecule has 3 N–H and O–H groups in total. The van der Waals surface area contributed by atoms with Crippen molar-refractivity contribution in [2.24, 2.45) is 7.05 Å². The number of carbonyl (C=O) groups excluding carboxylic acids is 2. The Morgan fingerprint density at radius 1 is 0.703 bits per heavy atom. The summed E-state index contributed by atoms with van der Waals surface area (Å²) in [5, 5.41) is 9.55. The largest absolute Gasteiger partial charge is 0.374 e. The summed E-state index contributed by atoms with van der Waals surface area (Å²) in [5.41, 5.74) is 15.6. The number of benzene rings is 4. The quantitative estimate of drug-likeness (QED) is 0.0465. The van der Waals surface area contributed by atoms with E-state index in [1.54, 1.807) is 21.6 Å². The van der Waals surface area contributed by atoms with E-state index < -0.39 is 0 Å². The molecule has 4 aromatic carbocycles. The molecule has 0 saturated carbocycles. The summed E-state index contributed by atoms with van der Waals surface area (Å²) in [6.07, 6.45) is 18.5. The van der Waals surface area contributed by atoms with Gasteiger partial charge in [0.1, 0.15) is 0 Å². The van der Waals surface area contributed by atoms with E-state index in [4.69, 9.17) is 0 Å². The number of nitrogens with zero attached hydrogens (tertiary/aromatic N) is 5. The van der Waals surface area contributed by atoms with E-state index >= 15 is 0 Å². The molecule has 0 fully saturated rings. The molecule has 0 atom stereocenters. The zero-order valence-electron chi connectivity index (χ0n) is 37.5. The Morgan fingerprint density at radius 2 is 1.25 bits per heavy atom. The minimum atomic E-state index is -0.0332. The summed E-state index contributed by atoms with van der Waals surface area (Å²) < 4.78 is 4.31. The van der Waals surface area contributed by atoms with Crippen LogP contribution >= 0.6 is 21.6 Å². The summed E-state index contributed by atoms with van der Waals surface area (Å²) in [6, 6.07) is 26.0. The molecule has 0 spiro atoms. The average molecular weight is 896 g/mol. The van der Waals surface area contributed by atoms with Gasteiger partial charge in [-0.05, 0) is 139 Å². The summed E-state index contributed by atoms with van der Waals surface area (Å²) in [4.78, 5) is 33.5. The molecule has 2 amide bonds. The van der Waals surface area contributed by atoms with Crippen molar-refractivity contribution in [1.82, 2.24) is 15.2 Å². The maximum atomic E-state index is 13.3. The first kappa shape index (κ1) is 43.9. The second-order valence-electron chi connectivity index (χ2n) is 17.6. The number of hydrogen-bond acceptors (Lipinski definition) is 8. The van der Waals surface area contributed by atoms with Crippen LogP contribution in [0, 0.1) is 0 Å².